The van der Waals surface area contributed by atoms with Crippen LogP contribution in [0.4, 0.5) is 10.1 Å². The fourth-order valence-electron chi connectivity index (χ4n) is 2.41. The predicted molar refractivity (Wildman–Crippen MR) is 106 cm³/mol. The molecule has 5 heteroatoms. The molecule has 1 aromatic heterocycles. The van der Waals surface area contributed by atoms with E-state index in [0.29, 0.717) is 11.5 Å². The number of rotatable bonds is 3. The van der Waals surface area contributed by atoms with Gasteiger partial charge in [-0.1, -0.05) is 12.1 Å². The zero-order valence-corrected chi connectivity index (χ0v) is 15.1. The molecule has 25 heavy (non-hydrogen) atoms. The quantitative estimate of drug-likeness (QED) is 0.289. The average Bonchev–Trinajstić information content (AvgIpc) is 3.05. The first-order valence-electron chi connectivity index (χ1n) is 7.63. The van der Waals surface area contributed by atoms with E-state index < -0.39 is 0 Å². The zero-order valence-electron chi connectivity index (χ0n) is 13.0. The summed E-state index contributed by atoms with van der Waals surface area (Å²) in [6.07, 6.45) is 1.82. The Morgan fingerprint density at radius 2 is 1.72 bits per heavy atom. The molecule has 4 aromatic rings. The van der Waals surface area contributed by atoms with Crippen LogP contribution in [0.15, 0.2) is 76.1 Å². The summed E-state index contributed by atoms with van der Waals surface area (Å²) in [5.74, 6) is 0.181. The molecule has 4 rings (SSSR count). The highest BCUT2D eigenvalue weighted by molar-refractivity contribution is 14.1. The molecule has 0 N–H and O–H groups in total. The standard InChI is InChI=1S/C20H12FIN2O/c21-15-5-3-14(4-6-15)20-24-18-11-17(9-10-19(18)25-20)23-12-13-1-7-16(22)8-2-13/h1-12H. The van der Waals surface area contributed by atoms with E-state index in [1.807, 2.05) is 48.7 Å². The van der Waals surface area contributed by atoms with Gasteiger partial charge in [0.25, 0.3) is 0 Å². The maximum atomic E-state index is 13.0. The molecule has 122 valence electrons. The molecule has 0 spiro atoms. The maximum absolute atomic E-state index is 13.0. The van der Waals surface area contributed by atoms with Gasteiger partial charge in [-0.05, 0) is 82.8 Å². The number of benzene rings is 3. The number of hydrogen-bond donors (Lipinski definition) is 0. The molecule has 0 aliphatic rings. The normalized spacial score (nSPS) is 11.4. The number of hydrogen-bond acceptors (Lipinski definition) is 3. The highest BCUT2D eigenvalue weighted by Crippen LogP contribution is 2.27. The van der Waals surface area contributed by atoms with E-state index in [1.165, 1.54) is 15.7 Å². The van der Waals surface area contributed by atoms with Crippen molar-refractivity contribution in [1.29, 1.82) is 0 Å². The Bertz CT molecular complexity index is 1050. The molecule has 3 aromatic carbocycles. The lowest BCUT2D eigenvalue weighted by Gasteiger charge is -1.95. The zero-order chi connectivity index (χ0) is 17.2. The first-order valence-corrected chi connectivity index (χ1v) is 8.71. The molecule has 0 atom stereocenters. The van der Waals surface area contributed by atoms with Gasteiger partial charge in [-0.15, -0.1) is 0 Å². The Morgan fingerprint density at radius 3 is 2.48 bits per heavy atom. The lowest BCUT2D eigenvalue weighted by atomic mass is 10.2. The van der Waals surface area contributed by atoms with Gasteiger partial charge in [-0.25, -0.2) is 9.37 Å². The second-order valence-corrected chi connectivity index (χ2v) is 6.73. The van der Waals surface area contributed by atoms with Gasteiger partial charge in [0.05, 0.1) is 5.69 Å². The molecule has 0 fully saturated rings. The monoisotopic (exact) mass is 442 g/mol. The molecule has 0 unspecified atom stereocenters. The number of fused-ring (bicyclic) bond motifs is 1. The van der Waals surface area contributed by atoms with Gasteiger partial charge in [0.2, 0.25) is 5.89 Å². The molecule has 0 saturated heterocycles. The Labute approximate surface area is 157 Å². The van der Waals surface area contributed by atoms with E-state index in [-0.39, 0.29) is 5.82 Å². The molecule has 0 saturated carbocycles. The van der Waals surface area contributed by atoms with Gasteiger partial charge < -0.3 is 4.42 Å². The van der Waals surface area contributed by atoms with Crippen LogP contribution in [0.5, 0.6) is 0 Å². The summed E-state index contributed by atoms with van der Waals surface area (Å²) in [6, 6.07) is 19.8. The van der Waals surface area contributed by atoms with Gasteiger partial charge in [0, 0.05) is 15.3 Å². The third-order valence-corrected chi connectivity index (χ3v) is 4.41. The summed E-state index contributed by atoms with van der Waals surface area (Å²) in [7, 11) is 0. The van der Waals surface area contributed by atoms with Gasteiger partial charge in [-0.2, -0.15) is 0 Å². The maximum Gasteiger partial charge on any atom is 0.227 e. The van der Waals surface area contributed by atoms with E-state index in [1.54, 1.807) is 12.1 Å². The van der Waals surface area contributed by atoms with Crippen LogP contribution in [0, 0.1) is 9.39 Å². The number of aliphatic imine (C=N–C) groups is 1. The Balaban J connectivity index is 1.63. The smallest absolute Gasteiger partial charge is 0.227 e. The molecular formula is C20H12FIN2O. The summed E-state index contributed by atoms with van der Waals surface area (Å²) in [5.41, 5.74) is 3.96. The number of oxazole rings is 1. The van der Waals surface area contributed by atoms with Crippen molar-refractivity contribution in [2.45, 2.75) is 0 Å². The Kier molecular flexibility index (Phi) is 4.31. The minimum absolute atomic E-state index is 0.285. The summed E-state index contributed by atoms with van der Waals surface area (Å²) in [6.45, 7) is 0. The summed E-state index contributed by atoms with van der Waals surface area (Å²) in [4.78, 5) is 8.97. The summed E-state index contributed by atoms with van der Waals surface area (Å²) in [5, 5.41) is 0. The SMILES string of the molecule is Fc1ccc(-c2nc3cc(N=Cc4ccc(I)cc4)ccc3o2)cc1. The number of aromatic nitrogens is 1. The van der Waals surface area contributed by atoms with Gasteiger partial charge in [0.15, 0.2) is 5.58 Å². The van der Waals surface area contributed by atoms with Crippen molar-refractivity contribution in [3.05, 3.63) is 81.7 Å². The fraction of sp³-hybridized carbons (Fsp3) is 0. The molecule has 0 bridgehead atoms. The van der Waals surface area contributed by atoms with Crippen molar-refractivity contribution in [3.63, 3.8) is 0 Å². The van der Waals surface area contributed by atoms with Crippen molar-refractivity contribution in [1.82, 2.24) is 4.98 Å². The molecule has 0 aliphatic carbocycles. The van der Waals surface area contributed by atoms with E-state index in [2.05, 4.69) is 32.6 Å². The first-order chi connectivity index (χ1) is 12.2. The average molecular weight is 442 g/mol. The van der Waals surface area contributed by atoms with Crippen LogP contribution < -0.4 is 0 Å². The van der Waals surface area contributed by atoms with E-state index in [4.69, 9.17) is 4.42 Å². The highest BCUT2D eigenvalue weighted by atomic mass is 127. The number of halogens is 2. The van der Waals surface area contributed by atoms with Crippen LogP contribution in [0.2, 0.25) is 0 Å². The van der Waals surface area contributed by atoms with Crippen LogP contribution >= 0.6 is 22.6 Å². The van der Waals surface area contributed by atoms with Crippen LogP contribution in [-0.4, -0.2) is 11.2 Å². The van der Waals surface area contributed by atoms with Gasteiger partial charge >= 0.3 is 0 Å². The van der Waals surface area contributed by atoms with Gasteiger partial charge in [-0.3, -0.25) is 4.99 Å². The molecule has 0 amide bonds. The second-order valence-electron chi connectivity index (χ2n) is 5.49. The largest absolute Gasteiger partial charge is 0.436 e. The molecule has 0 aliphatic heterocycles. The van der Waals surface area contributed by atoms with Crippen molar-refractivity contribution >= 4 is 45.6 Å². The first kappa shape index (κ1) is 16.0. The van der Waals surface area contributed by atoms with Crippen molar-refractivity contribution < 1.29 is 8.81 Å². The topological polar surface area (TPSA) is 38.4 Å². The lowest BCUT2D eigenvalue weighted by molar-refractivity contribution is 0.616. The van der Waals surface area contributed by atoms with Crippen molar-refractivity contribution in [3.8, 4) is 11.5 Å². The van der Waals surface area contributed by atoms with Gasteiger partial charge in [0.1, 0.15) is 11.3 Å². The number of nitrogens with zero attached hydrogens (tertiary/aromatic N) is 2. The third-order valence-electron chi connectivity index (χ3n) is 3.70. The van der Waals surface area contributed by atoms with Crippen molar-refractivity contribution in [2.75, 3.05) is 0 Å². The molecular weight excluding hydrogens is 430 g/mol. The Morgan fingerprint density at radius 1 is 0.960 bits per heavy atom. The molecule has 0 radical (unpaired) electrons. The van der Waals surface area contributed by atoms with E-state index >= 15 is 0 Å². The van der Waals surface area contributed by atoms with Crippen LogP contribution in [0.1, 0.15) is 5.56 Å². The van der Waals surface area contributed by atoms with Crippen LogP contribution in [0.3, 0.4) is 0 Å². The minimum atomic E-state index is -0.285. The summed E-state index contributed by atoms with van der Waals surface area (Å²) < 4.78 is 20.0. The fourth-order valence-corrected chi connectivity index (χ4v) is 2.77. The molecule has 1 heterocycles. The van der Waals surface area contributed by atoms with E-state index in [0.717, 1.165) is 22.3 Å². The summed E-state index contributed by atoms with van der Waals surface area (Å²) >= 11 is 2.27. The highest BCUT2D eigenvalue weighted by Gasteiger charge is 2.08. The predicted octanol–water partition coefficient (Wildman–Crippen LogP) is 5.99. The minimum Gasteiger partial charge on any atom is -0.436 e. The third kappa shape index (κ3) is 3.61. The van der Waals surface area contributed by atoms with Crippen LogP contribution in [0.25, 0.3) is 22.6 Å². The molecule has 3 nitrogen and oxygen atoms in total. The van der Waals surface area contributed by atoms with E-state index in [9.17, 15) is 4.39 Å². The Hall–Kier alpha value is -2.54. The van der Waals surface area contributed by atoms with Crippen LogP contribution in [-0.2, 0) is 0 Å². The lowest BCUT2D eigenvalue weighted by Crippen LogP contribution is -1.80. The van der Waals surface area contributed by atoms with Crippen molar-refractivity contribution in [2.24, 2.45) is 4.99 Å². The second kappa shape index (κ2) is 6.76.